The molecule has 0 spiro atoms. The largest absolute Gasteiger partial charge is 0.350 e. The lowest BCUT2D eigenvalue weighted by Gasteiger charge is -2.37. The molecule has 5 nitrogen and oxygen atoms in total. The highest BCUT2D eigenvalue weighted by Crippen LogP contribution is 2.22. The van der Waals surface area contributed by atoms with Crippen LogP contribution in [0.25, 0.3) is 0 Å². The van der Waals surface area contributed by atoms with Crippen LogP contribution in [-0.4, -0.2) is 47.9 Å². The minimum atomic E-state index is -0.326. The average Bonchev–Trinajstić information content (AvgIpc) is 3.11. The summed E-state index contributed by atoms with van der Waals surface area (Å²) in [6.45, 7) is 3.80. The van der Waals surface area contributed by atoms with E-state index in [1.54, 1.807) is 4.90 Å². The summed E-state index contributed by atoms with van der Waals surface area (Å²) in [5.41, 5.74) is 0. The maximum absolute atomic E-state index is 12.8. The fourth-order valence-corrected chi connectivity index (χ4v) is 4.19. The molecule has 3 unspecified atom stereocenters. The number of hydrogen-bond donors (Lipinski definition) is 2. The van der Waals surface area contributed by atoms with Crippen LogP contribution in [0.15, 0.2) is 17.5 Å². The molecule has 0 aliphatic carbocycles. The second kappa shape index (κ2) is 8.83. The standard InChI is InChI=1S/C17H25N3O2S.ClH/c1-12-13(6-4-9-18-12)19-16(21)14-7-2-3-10-20(14)17(22)15-8-5-11-23-15;/h5,8,11-14,18H,2-4,6-7,9-10H2,1H3,(H,19,21);1H. The summed E-state index contributed by atoms with van der Waals surface area (Å²) in [5.74, 6) is 0.00447. The molecule has 3 rings (SSSR count). The van der Waals surface area contributed by atoms with E-state index >= 15 is 0 Å². The molecule has 2 amide bonds. The van der Waals surface area contributed by atoms with Crippen molar-refractivity contribution in [2.45, 2.75) is 57.2 Å². The molecule has 2 saturated heterocycles. The van der Waals surface area contributed by atoms with E-state index in [1.807, 2.05) is 17.5 Å². The van der Waals surface area contributed by atoms with Crippen LogP contribution in [0.5, 0.6) is 0 Å². The average molecular weight is 372 g/mol. The highest BCUT2D eigenvalue weighted by Gasteiger charge is 2.34. The maximum atomic E-state index is 12.8. The summed E-state index contributed by atoms with van der Waals surface area (Å²) in [6.07, 6.45) is 4.83. The Labute approximate surface area is 153 Å². The van der Waals surface area contributed by atoms with E-state index in [0.717, 1.165) is 43.5 Å². The van der Waals surface area contributed by atoms with Crippen LogP contribution < -0.4 is 10.6 Å². The van der Waals surface area contributed by atoms with Gasteiger partial charge in [0.05, 0.1) is 4.88 Å². The molecule has 134 valence electrons. The first kappa shape index (κ1) is 19.2. The quantitative estimate of drug-likeness (QED) is 0.857. The van der Waals surface area contributed by atoms with Crippen LogP contribution in [0.1, 0.15) is 48.7 Å². The van der Waals surface area contributed by atoms with Crippen LogP contribution in [0.4, 0.5) is 0 Å². The van der Waals surface area contributed by atoms with Gasteiger partial charge in [-0.25, -0.2) is 0 Å². The van der Waals surface area contributed by atoms with Crippen molar-refractivity contribution >= 4 is 35.6 Å². The van der Waals surface area contributed by atoms with Crippen LogP contribution >= 0.6 is 23.7 Å². The van der Waals surface area contributed by atoms with Gasteiger partial charge in [-0.1, -0.05) is 6.07 Å². The molecule has 1 aromatic rings. The molecular formula is C17H26ClN3O2S. The van der Waals surface area contributed by atoms with E-state index in [9.17, 15) is 9.59 Å². The van der Waals surface area contributed by atoms with Gasteiger partial charge in [-0.15, -0.1) is 23.7 Å². The molecule has 3 heterocycles. The van der Waals surface area contributed by atoms with Crippen LogP contribution in [0, 0.1) is 0 Å². The molecule has 2 aliphatic heterocycles. The number of thiophene rings is 1. The van der Waals surface area contributed by atoms with Gasteiger partial charge in [-0.3, -0.25) is 9.59 Å². The van der Waals surface area contributed by atoms with E-state index in [0.29, 0.717) is 6.54 Å². The number of halogens is 1. The van der Waals surface area contributed by atoms with Crippen molar-refractivity contribution in [2.75, 3.05) is 13.1 Å². The number of carbonyl (C=O) groups is 2. The zero-order valence-electron chi connectivity index (χ0n) is 14.0. The van der Waals surface area contributed by atoms with Crippen molar-refractivity contribution in [1.29, 1.82) is 0 Å². The Balaban J connectivity index is 0.00000208. The maximum Gasteiger partial charge on any atom is 0.264 e. The minimum absolute atomic E-state index is 0. The SMILES string of the molecule is CC1NCCCC1NC(=O)C1CCCCN1C(=O)c1cccs1.Cl. The molecule has 3 atom stereocenters. The zero-order chi connectivity index (χ0) is 16.2. The molecule has 24 heavy (non-hydrogen) atoms. The third-order valence-electron chi connectivity index (χ3n) is 4.89. The Morgan fingerprint density at radius 2 is 2.12 bits per heavy atom. The van der Waals surface area contributed by atoms with Crippen LogP contribution in [-0.2, 0) is 4.79 Å². The van der Waals surface area contributed by atoms with Gasteiger partial charge < -0.3 is 15.5 Å². The Kier molecular flexibility index (Phi) is 7.07. The lowest BCUT2D eigenvalue weighted by Crippen LogP contribution is -2.58. The first-order chi connectivity index (χ1) is 11.2. The second-order valence-corrected chi connectivity index (χ2v) is 7.44. The highest BCUT2D eigenvalue weighted by molar-refractivity contribution is 7.12. The number of piperidine rings is 2. The number of nitrogens with zero attached hydrogens (tertiary/aromatic N) is 1. The summed E-state index contributed by atoms with van der Waals surface area (Å²) in [7, 11) is 0. The normalized spacial score (nSPS) is 27.2. The summed E-state index contributed by atoms with van der Waals surface area (Å²) in [6, 6.07) is 3.85. The summed E-state index contributed by atoms with van der Waals surface area (Å²) >= 11 is 1.44. The van der Waals surface area contributed by atoms with Crippen LogP contribution in [0.3, 0.4) is 0 Å². The van der Waals surface area contributed by atoms with Crippen molar-refractivity contribution in [3.8, 4) is 0 Å². The predicted molar refractivity (Wildman–Crippen MR) is 98.9 cm³/mol. The smallest absolute Gasteiger partial charge is 0.264 e. The molecule has 2 fully saturated rings. The van der Waals surface area contributed by atoms with Gasteiger partial charge in [0.2, 0.25) is 5.91 Å². The van der Waals surface area contributed by atoms with E-state index in [2.05, 4.69) is 17.6 Å². The zero-order valence-corrected chi connectivity index (χ0v) is 15.6. The lowest BCUT2D eigenvalue weighted by molar-refractivity contribution is -0.127. The first-order valence-corrected chi connectivity index (χ1v) is 9.43. The number of amides is 2. The van der Waals surface area contributed by atoms with Crippen molar-refractivity contribution in [2.24, 2.45) is 0 Å². The first-order valence-electron chi connectivity index (χ1n) is 8.55. The fraction of sp³-hybridized carbons (Fsp3) is 0.647. The molecule has 2 aliphatic rings. The molecule has 0 bridgehead atoms. The summed E-state index contributed by atoms with van der Waals surface area (Å²) in [5, 5.41) is 8.48. The number of nitrogens with one attached hydrogen (secondary N) is 2. The van der Waals surface area contributed by atoms with E-state index < -0.39 is 0 Å². The Morgan fingerprint density at radius 3 is 2.83 bits per heavy atom. The van der Waals surface area contributed by atoms with Crippen molar-refractivity contribution in [1.82, 2.24) is 15.5 Å². The van der Waals surface area contributed by atoms with Gasteiger partial charge >= 0.3 is 0 Å². The van der Waals surface area contributed by atoms with Gasteiger partial charge in [-0.2, -0.15) is 0 Å². The molecule has 7 heteroatoms. The Bertz CT molecular complexity index is 552. The molecule has 2 N–H and O–H groups in total. The van der Waals surface area contributed by atoms with Gasteiger partial charge in [0.1, 0.15) is 6.04 Å². The minimum Gasteiger partial charge on any atom is -0.350 e. The third kappa shape index (κ3) is 4.29. The fourth-order valence-electron chi connectivity index (χ4n) is 3.51. The topological polar surface area (TPSA) is 61.4 Å². The van der Waals surface area contributed by atoms with Gasteiger partial charge in [0, 0.05) is 18.6 Å². The molecule has 0 saturated carbocycles. The van der Waals surface area contributed by atoms with E-state index in [-0.39, 0.29) is 42.3 Å². The predicted octanol–water partition coefficient (Wildman–Crippen LogP) is 2.42. The van der Waals surface area contributed by atoms with E-state index in [4.69, 9.17) is 0 Å². The second-order valence-electron chi connectivity index (χ2n) is 6.49. The van der Waals surface area contributed by atoms with Gasteiger partial charge in [0.15, 0.2) is 0 Å². The number of rotatable bonds is 3. The Hall–Kier alpha value is -1.11. The molecule has 0 aromatic carbocycles. The molecular weight excluding hydrogens is 346 g/mol. The summed E-state index contributed by atoms with van der Waals surface area (Å²) in [4.78, 5) is 27.9. The Morgan fingerprint density at radius 1 is 1.29 bits per heavy atom. The number of likely N-dealkylation sites (tertiary alicyclic amines) is 1. The van der Waals surface area contributed by atoms with Crippen LogP contribution in [0.2, 0.25) is 0 Å². The van der Waals surface area contributed by atoms with Gasteiger partial charge in [-0.05, 0) is 57.0 Å². The van der Waals surface area contributed by atoms with E-state index in [1.165, 1.54) is 11.3 Å². The number of carbonyl (C=O) groups excluding carboxylic acids is 2. The monoisotopic (exact) mass is 371 g/mol. The van der Waals surface area contributed by atoms with Crippen molar-refractivity contribution in [3.05, 3.63) is 22.4 Å². The van der Waals surface area contributed by atoms with Gasteiger partial charge in [0.25, 0.3) is 5.91 Å². The lowest BCUT2D eigenvalue weighted by atomic mass is 9.97. The third-order valence-corrected chi connectivity index (χ3v) is 5.75. The molecule has 0 radical (unpaired) electrons. The van der Waals surface area contributed by atoms with Crippen molar-refractivity contribution < 1.29 is 9.59 Å². The highest BCUT2D eigenvalue weighted by atomic mass is 35.5. The van der Waals surface area contributed by atoms with Crippen molar-refractivity contribution in [3.63, 3.8) is 0 Å². The number of hydrogen-bond acceptors (Lipinski definition) is 4. The summed E-state index contributed by atoms with van der Waals surface area (Å²) < 4.78 is 0. The molecule has 1 aromatic heterocycles.